The SMILES string of the molecule is Cc1cccc(C)c1OCc1ccc(C(=O)Nc2cnn(Cc3c(Cl)cccc3Cl)c2)o1. The Kier molecular flexibility index (Phi) is 6.53. The van der Waals surface area contributed by atoms with Crippen molar-refractivity contribution in [1.29, 1.82) is 0 Å². The summed E-state index contributed by atoms with van der Waals surface area (Å²) in [6.45, 7) is 4.59. The molecule has 0 bridgehead atoms. The maximum absolute atomic E-state index is 12.6. The molecule has 6 nitrogen and oxygen atoms in total. The number of nitrogens with zero attached hydrogens (tertiary/aromatic N) is 2. The second-order valence-corrected chi connectivity index (χ2v) is 8.17. The van der Waals surface area contributed by atoms with E-state index in [0.717, 1.165) is 22.4 Å². The van der Waals surface area contributed by atoms with Crippen LogP contribution >= 0.6 is 23.2 Å². The first-order valence-corrected chi connectivity index (χ1v) is 10.7. The first kappa shape index (κ1) is 22.0. The van der Waals surface area contributed by atoms with Crippen LogP contribution in [0.3, 0.4) is 0 Å². The van der Waals surface area contributed by atoms with Crippen LogP contribution < -0.4 is 10.1 Å². The van der Waals surface area contributed by atoms with Gasteiger partial charge < -0.3 is 14.5 Å². The number of para-hydroxylation sites is 1. The zero-order chi connectivity index (χ0) is 22.7. The van der Waals surface area contributed by atoms with Gasteiger partial charge in [0.2, 0.25) is 0 Å². The molecule has 2 aromatic carbocycles. The van der Waals surface area contributed by atoms with Gasteiger partial charge in [0.05, 0.1) is 18.4 Å². The molecule has 0 unspecified atom stereocenters. The van der Waals surface area contributed by atoms with Crippen molar-refractivity contribution in [2.45, 2.75) is 27.0 Å². The summed E-state index contributed by atoms with van der Waals surface area (Å²) >= 11 is 12.4. The van der Waals surface area contributed by atoms with Gasteiger partial charge in [-0.05, 0) is 49.2 Å². The summed E-state index contributed by atoms with van der Waals surface area (Å²) in [6, 6.07) is 14.6. The molecule has 1 amide bonds. The monoisotopic (exact) mass is 469 g/mol. The number of furan rings is 1. The summed E-state index contributed by atoms with van der Waals surface area (Å²) in [5, 5.41) is 8.16. The number of rotatable bonds is 7. The number of nitrogens with one attached hydrogen (secondary N) is 1. The molecule has 0 fully saturated rings. The molecule has 8 heteroatoms. The van der Waals surface area contributed by atoms with E-state index in [1.807, 2.05) is 32.0 Å². The van der Waals surface area contributed by atoms with Gasteiger partial charge in [-0.1, -0.05) is 47.5 Å². The highest BCUT2D eigenvalue weighted by molar-refractivity contribution is 6.35. The number of hydrogen-bond donors (Lipinski definition) is 1. The number of carbonyl (C=O) groups is 1. The molecule has 0 aliphatic rings. The van der Waals surface area contributed by atoms with Crippen molar-refractivity contribution in [1.82, 2.24) is 9.78 Å². The normalized spacial score (nSPS) is 10.9. The van der Waals surface area contributed by atoms with E-state index in [0.29, 0.717) is 28.0 Å². The van der Waals surface area contributed by atoms with Gasteiger partial charge in [0.15, 0.2) is 5.76 Å². The largest absolute Gasteiger partial charge is 0.485 e. The lowest BCUT2D eigenvalue weighted by Gasteiger charge is -2.10. The molecule has 2 heterocycles. The first-order valence-electron chi connectivity index (χ1n) is 9.95. The lowest BCUT2D eigenvalue weighted by molar-refractivity contribution is 0.0992. The van der Waals surface area contributed by atoms with E-state index in [2.05, 4.69) is 10.4 Å². The zero-order valence-corrected chi connectivity index (χ0v) is 19.1. The molecule has 0 saturated carbocycles. The molecule has 0 spiro atoms. The molecule has 2 aromatic heterocycles. The van der Waals surface area contributed by atoms with Crippen LogP contribution in [-0.2, 0) is 13.2 Å². The number of aromatic nitrogens is 2. The minimum atomic E-state index is -0.376. The van der Waals surface area contributed by atoms with Crippen molar-refractivity contribution in [3.05, 3.63) is 99.2 Å². The Hall–Kier alpha value is -3.22. The fourth-order valence-corrected chi connectivity index (χ4v) is 3.82. The average molecular weight is 470 g/mol. The molecular weight excluding hydrogens is 449 g/mol. The van der Waals surface area contributed by atoms with Crippen LogP contribution in [0, 0.1) is 13.8 Å². The van der Waals surface area contributed by atoms with E-state index in [-0.39, 0.29) is 18.3 Å². The van der Waals surface area contributed by atoms with Crippen molar-refractivity contribution in [3.8, 4) is 5.75 Å². The van der Waals surface area contributed by atoms with Gasteiger partial charge in [-0.15, -0.1) is 0 Å². The number of ether oxygens (including phenoxy) is 1. The number of halogens is 2. The van der Waals surface area contributed by atoms with Crippen LogP contribution in [0.2, 0.25) is 10.0 Å². The van der Waals surface area contributed by atoms with Gasteiger partial charge in [-0.3, -0.25) is 9.48 Å². The second kappa shape index (κ2) is 9.51. The van der Waals surface area contributed by atoms with Gasteiger partial charge in [0.1, 0.15) is 18.1 Å². The number of amides is 1. The van der Waals surface area contributed by atoms with Crippen molar-refractivity contribution in [2.24, 2.45) is 0 Å². The van der Waals surface area contributed by atoms with Gasteiger partial charge >= 0.3 is 0 Å². The summed E-state index contributed by atoms with van der Waals surface area (Å²) < 4.78 is 13.2. The van der Waals surface area contributed by atoms with Crippen molar-refractivity contribution >= 4 is 34.8 Å². The maximum Gasteiger partial charge on any atom is 0.291 e. The van der Waals surface area contributed by atoms with Crippen LogP contribution in [0.15, 0.2) is 65.3 Å². The minimum absolute atomic E-state index is 0.187. The van der Waals surface area contributed by atoms with Crippen molar-refractivity contribution in [2.75, 3.05) is 5.32 Å². The molecule has 0 aliphatic heterocycles. The molecule has 0 aliphatic carbocycles. The fraction of sp³-hybridized carbons (Fsp3) is 0.167. The Labute approximate surface area is 195 Å². The van der Waals surface area contributed by atoms with E-state index in [9.17, 15) is 4.79 Å². The predicted molar refractivity (Wildman–Crippen MR) is 125 cm³/mol. The average Bonchev–Trinajstić information content (AvgIpc) is 3.40. The predicted octanol–water partition coefficient (Wildman–Crippen LogP) is 6.28. The molecule has 4 rings (SSSR count). The van der Waals surface area contributed by atoms with E-state index in [1.165, 1.54) is 0 Å². The molecule has 1 N–H and O–H groups in total. The van der Waals surface area contributed by atoms with E-state index >= 15 is 0 Å². The van der Waals surface area contributed by atoms with E-state index in [1.54, 1.807) is 47.4 Å². The smallest absolute Gasteiger partial charge is 0.291 e. The highest BCUT2D eigenvalue weighted by Gasteiger charge is 2.14. The lowest BCUT2D eigenvalue weighted by atomic mass is 10.1. The summed E-state index contributed by atoms with van der Waals surface area (Å²) in [5.41, 5.74) is 3.38. The van der Waals surface area contributed by atoms with Crippen LogP contribution in [-0.4, -0.2) is 15.7 Å². The Balaban J connectivity index is 1.37. The standard InChI is InChI=1S/C24H21Cl2N3O3/c1-15-5-3-6-16(2)23(15)31-14-18-9-10-22(32-18)24(30)28-17-11-27-29(12-17)13-19-20(25)7-4-8-21(19)26/h3-12H,13-14H2,1-2H3,(H,28,30). The number of anilines is 1. The molecule has 0 saturated heterocycles. The number of aryl methyl sites for hydroxylation is 2. The molecule has 0 atom stereocenters. The zero-order valence-electron chi connectivity index (χ0n) is 17.6. The summed E-state index contributed by atoms with van der Waals surface area (Å²) in [7, 11) is 0. The second-order valence-electron chi connectivity index (χ2n) is 7.36. The van der Waals surface area contributed by atoms with Crippen molar-refractivity contribution in [3.63, 3.8) is 0 Å². The minimum Gasteiger partial charge on any atom is -0.485 e. The van der Waals surface area contributed by atoms with Crippen molar-refractivity contribution < 1.29 is 13.9 Å². The van der Waals surface area contributed by atoms with Crippen LogP contribution in [0.25, 0.3) is 0 Å². The van der Waals surface area contributed by atoms with Gasteiger partial charge in [-0.2, -0.15) is 5.10 Å². The fourth-order valence-electron chi connectivity index (χ4n) is 3.30. The summed E-state index contributed by atoms with van der Waals surface area (Å²) in [6.07, 6.45) is 3.25. The topological polar surface area (TPSA) is 69.3 Å². The molecular formula is C24H21Cl2N3O3. The summed E-state index contributed by atoms with van der Waals surface area (Å²) in [5.74, 6) is 1.19. The Morgan fingerprint density at radius 1 is 1.06 bits per heavy atom. The molecule has 164 valence electrons. The third-order valence-electron chi connectivity index (χ3n) is 4.93. The Bertz CT molecular complexity index is 1220. The third kappa shape index (κ3) is 4.98. The Morgan fingerprint density at radius 2 is 1.75 bits per heavy atom. The maximum atomic E-state index is 12.6. The van der Waals surface area contributed by atoms with Crippen LogP contribution in [0.4, 0.5) is 5.69 Å². The Morgan fingerprint density at radius 3 is 2.47 bits per heavy atom. The number of carbonyl (C=O) groups excluding carboxylic acids is 1. The molecule has 32 heavy (non-hydrogen) atoms. The number of hydrogen-bond acceptors (Lipinski definition) is 4. The summed E-state index contributed by atoms with van der Waals surface area (Å²) in [4.78, 5) is 12.6. The van der Waals surface area contributed by atoms with E-state index in [4.69, 9.17) is 32.4 Å². The first-order chi connectivity index (χ1) is 15.4. The van der Waals surface area contributed by atoms with Gasteiger partial charge in [0, 0.05) is 21.8 Å². The van der Waals surface area contributed by atoms with E-state index < -0.39 is 0 Å². The quantitative estimate of drug-likeness (QED) is 0.345. The third-order valence-corrected chi connectivity index (χ3v) is 5.63. The number of benzene rings is 2. The van der Waals surface area contributed by atoms with Crippen LogP contribution in [0.1, 0.15) is 33.0 Å². The van der Waals surface area contributed by atoms with Gasteiger partial charge in [-0.25, -0.2) is 0 Å². The van der Waals surface area contributed by atoms with Gasteiger partial charge in [0.25, 0.3) is 5.91 Å². The molecule has 4 aromatic rings. The molecule has 0 radical (unpaired) electrons. The lowest BCUT2D eigenvalue weighted by Crippen LogP contribution is -2.10. The highest BCUT2D eigenvalue weighted by Crippen LogP contribution is 2.26. The highest BCUT2D eigenvalue weighted by atomic mass is 35.5. The van der Waals surface area contributed by atoms with Crippen LogP contribution in [0.5, 0.6) is 5.75 Å².